The predicted molar refractivity (Wildman–Crippen MR) is 86.6 cm³/mol. The zero-order valence-corrected chi connectivity index (χ0v) is 13.9. The molecule has 0 saturated heterocycles. The summed E-state index contributed by atoms with van der Waals surface area (Å²) in [5.41, 5.74) is 1.90. The van der Waals surface area contributed by atoms with Crippen LogP contribution in [-0.2, 0) is 14.3 Å². The molecule has 3 rings (SSSR count). The zero-order chi connectivity index (χ0) is 17.1. The average molecular weight is 350 g/mol. The second kappa shape index (κ2) is 6.98. The van der Waals surface area contributed by atoms with E-state index in [1.165, 1.54) is 0 Å². The Hall–Kier alpha value is -2.45. The highest BCUT2D eigenvalue weighted by atomic mass is 35.5. The van der Waals surface area contributed by atoms with Crippen LogP contribution in [0.5, 0.6) is 0 Å². The van der Waals surface area contributed by atoms with E-state index in [0.717, 1.165) is 5.56 Å². The first-order chi connectivity index (χ1) is 11.6. The first-order valence-corrected chi connectivity index (χ1v) is 7.66. The number of hydrogen-bond acceptors (Lipinski definition) is 7. The number of nitrogens with zero attached hydrogens (tertiary/aromatic N) is 4. The van der Waals surface area contributed by atoms with E-state index in [0.29, 0.717) is 28.8 Å². The van der Waals surface area contributed by atoms with E-state index in [2.05, 4.69) is 20.8 Å². The van der Waals surface area contributed by atoms with Crippen molar-refractivity contribution in [3.8, 4) is 0 Å². The number of rotatable bonds is 5. The fourth-order valence-corrected chi connectivity index (χ4v) is 2.65. The van der Waals surface area contributed by atoms with Gasteiger partial charge >= 0.3 is 5.97 Å². The molecule has 0 radical (unpaired) electrons. The topological polar surface area (TPSA) is 91.2 Å². The van der Waals surface area contributed by atoms with Crippen LogP contribution < -0.4 is 5.32 Å². The van der Waals surface area contributed by atoms with Crippen molar-refractivity contribution in [1.29, 1.82) is 0 Å². The standard InChI is InChI=1S/C15H16ClN5O3/c1-9-12(14(22)24-8-7-23-2)13(10-3-5-11(16)6-4-10)21-15(17-9)18-19-20-21/h3-6,13H,7-8H2,1-2H3,(H,17,18,20). The fraction of sp³-hybridized carbons (Fsp3) is 0.333. The number of fused-ring (bicyclic) bond motifs is 1. The van der Waals surface area contributed by atoms with E-state index < -0.39 is 12.0 Å². The third-order valence-corrected chi connectivity index (χ3v) is 3.89. The molecule has 0 aliphatic carbocycles. The summed E-state index contributed by atoms with van der Waals surface area (Å²) in [4.78, 5) is 12.6. The molecule has 1 aliphatic heterocycles. The van der Waals surface area contributed by atoms with Gasteiger partial charge in [-0.2, -0.15) is 4.68 Å². The van der Waals surface area contributed by atoms with E-state index in [4.69, 9.17) is 21.1 Å². The van der Waals surface area contributed by atoms with Gasteiger partial charge in [0.1, 0.15) is 12.6 Å². The van der Waals surface area contributed by atoms with Gasteiger partial charge in [-0.3, -0.25) is 0 Å². The third kappa shape index (κ3) is 3.10. The summed E-state index contributed by atoms with van der Waals surface area (Å²) in [5, 5.41) is 15.2. The van der Waals surface area contributed by atoms with Crippen LogP contribution in [0.3, 0.4) is 0 Å². The summed E-state index contributed by atoms with van der Waals surface area (Å²) in [5.74, 6) is 0.0130. The number of methoxy groups -OCH3 is 1. The average Bonchev–Trinajstić information content (AvgIpc) is 3.02. The Bertz CT molecular complexity index is 772. The summed E-state index contributed by atoms with van der Waals surface area (Å²) >= 11 is 5.96. The Labute approximate surface area is 143 Å². The van der Waals surface area contributed by atoms with Crippen LogP contribution in [0, 0.1) is 0 Å². The second-order valence-electron chi connectivity index (χ2n) is 5.19. The number of carbonyl (C=O) groups is 1. The lowest BCUT2D eigenvalue weighted by Gasteiger charge is -2.27. The first kappa shape index (κ1) is 16.4. The first-order valence-electron chi connectivity index (χ1n) is 7.29. The number of aromatic nitrogens is 4. The molecule has 2 heterocycles. The van der Waals surface area contributed by atoms with Gasteiger partial charge in [-0.1, -0.05) is 28.8 Å². The van der Waals surface area contributed by atoms with Crippen LogP contribution in [0.15, 0.2) is 35.5 Å². The van der Waals surface area contributed by atoms with E-state index >= 15 is 0 Å². The highest BCUT2D eigenvalue weighted by Crippen LogP contribution is 2.35. The molecule has 0 fully saturated rings. The Morgan fingerprint density at radius 3 is 2.79 bits per heavy atom. The molecule has 1 aromatic heterocycles. The zero-order valence-electron chi connectivity index (χ0n) is 13.2. The lowest BCUT2D eigenvalue weighted by molar-refractivity contribution is -0.140. The summed E-state index contributed by atoms with van der Waals surface area (Å²) in [7, 11) is 1.55. The maximum absolute atomic E-state index is 12.6. The summed E-state index contributed by atoms with van der Waals surface area (Å²) in [6.45, 7) is 2.28. The van der Waals surface area contributed by atoms with Crippen molar-refractivity contribution in [3.63, 3.8) is 0 Å². The van der Waals surface area contributed by atoms with Crippen molar-refractivity contribution in [3.05, 3.63) is 46.1 Å². The lowest BCUT2D eigenvalue weighted by atomic mass is 9.96. The molecule has 0 amide bonds. The van der Waals surface area contributed by atoms with Crippen LogP contribution in [0.1, 0.15) is 18.5 Å². The minimum atomic E-state index is -0.497. The molecule has 126 valence electrons. The molecule has 0 bridgehead atoms. The second-order valence-corrected chi connectivity index (χ2v) is 5.63. The highest BCUT2D eigenvalue weighted by Gasteiger charge is 2.34. The molecular weight excluding hydrogens is 334 g/mol. The maximum Gasteiger partial charge on any atom is 0.338 e. The van der Waals surface area contributed by atoms with Gasteiger partial charge in [0.2, 0.25) is 5.95 Å². The number of hydrogen-bond donors (Lipinski definition) is 1. The van der Waals surface area contributed by atoms with E-state index in [1.54, 1.807) is 30.8 Å². The Kier molecular flexibility index (Phi) is 4.77. The van der Waals surface area contributed by atoms with Crippen LogP contribution in [0.2, 0.25) is 5.02 Å². The minimum absolute atomic E-state index is 0.169. The Balaban J connectivity index is 2.00. The number of tetrazole rings is 1. The molecule has 0 spiro atoms. The van der Waals surface area contributed by atoms with Gasteiger partial charge in [0.05, 0.1) is 12.2 Å². The van der Waals surface area contributed by atoms with E-state index in [-0.39, 0.29) is 6.61 Å². The van der Waals surface area contributed by atoms with Crippen molar-refractivity contribution in [2.45, 2.75) is 13.0 Å². The number of esters is 1. The molecule has 1 N–H and O–H groups in total. The molecule has 24 heavy (non-hydrogen) atoms. The molecule has 9 heteroatoms. The van der Waals surface area contributed by atoms with Gasteiger partial charge in [0.25, 0.3) is 0 Å². The molecule has 1 aliphatic rings. The van der Waals surface area contributed by atoms with E-state index in [1.807, 2.05) is 12.1 Å². The molecule has 0 saturated carbocycles. The highest BCUT2D eigenvalue weighted by molar-refractivity contribution is 6.30. The normalized spacial score (nSPS) is 16.5. The van der Waals surface area contributed by atoms with Crippen LogP contribution in [0.4, 0.5) is 5.95 Å². The lowest BCUT2D eigenvalue weighted by Crippen LogP contribution is -2.30. The molecule has 8 nitrogen and oxygen atoms in total. The number of ether oxygens (including phenoxy) is 2. The van der Waals surface area contributed by atoms with Gasteiger partial charge in [-0.15, -0.1) is 0 Å². The number of halogens is 1. The quantitative estimate of drug-likeness (QED) is 0.650. The third-order valence-electron chi connectivity index (χ3n) is 3.64. The van der Waals surface area contributed by atoms with Gasteiger partial charge in [-0.05, 0) is 35.0 Å². The molecule has 1 unspecified atom stereocenters. The van der Waals surface area contributed by atoms with Gasteiger partial charge < -0.3 is 14.8 Å². The number of benzene rings is 1. The van der Waals surface area contributed by atoms with Crippen molar-refractivity contribution in [1.82, 2.24) is 20.2 Å². The SMILES string of the molecule is COCCOC(=O)C1=C(C)Nc2nnnn2C1c1ccc(Cl)cc1. The summed E-state index contributed by atoms with van der Waals surface area (Å²) < 4.78 is 11.7. The van der Waals surface area contributed by atoms with Gasteiger partial charge in [0, 0.05) is 17.8 Å². The largest absolute Gasteiger partial charge is 0.460 e. The van der Waals surface area contributed by atoms with Crippen molar-refractivity contribution < 1.29 is 14.3 Å². The molecule has 1 atom stereocenters. The number of carbonyl (C=O) groups excluding carboxylic acids is 1. The van der Waals surface area contributed by atoms with Crippen molar-refractivity contribution >= 4 is 23.5 Å². The van der Waals surface area contributed by atoms with Crippen molar-refractivity contribution in [2.75, 3.05) is 25.6 Å². The van der Waals surface area contributed by atoms with Crippen molar-refractivity contribution in [2.24, 2.45) is 0 Å². The van der Waals surface area contributed by atoms with Gasteiger partial charge in [-0.25, -0.2) is 4.79 Å². The smallest absolute Gasteiger partial charge is 0.338 e. The Morgan fingerprint density at radius 1 is 1.33 bits per heavy atom. The predicted octanol–water partition coefficient (Wildman–Crippen LogP) is 1.80. The van der Waals surface area contributed by atoms with Crippen LogP contribution in [-0.4, -0.2) is 46.5 Å². The van der Waals surface area contributed by atoms with Crippen LogP contribution in [0.25, 0.3) is 0 Å². The molecular formula is C15H16ClN5O3. The number of allylic oxidation sites excluding steroid dienone is 1. The number of nitrogens with one attached hydrogen (secondary N) is 1. The fourth-order valence-electron chi connectivity index (χ4n) is 2.53. The van der Waals surface area contributed by atoms with Crippen LogP contribution >= 0.6 is 11.6 Å². The summed E-state index contributed by atoms with van der Waals surface area (Å²) in [6.07, 6.45) is 0. The monoisotopic (exact) mass is 349 g/mol. The molecule has 1 aromatic carbocycles. The van der Waals surface area contributed by atoms with Gasteiger partial charge in [0.15, 0.2) is 0 Å². The number of anilines is 1. The maximum atomic E-state index is 12.6. The molecule has 2 aromatic rings. The summed E-state index contributed by atoms with van der Waals surface area (Å²) in [6, 6.07) is 6.68. The van der Waals surface area contributed by atoms with E-state index in [9.17, 15) is 4.79 Å². The Morgan fingerprint density at radius 2 is 2.08 bits per heavy atom. The minimum Gasteiger partial charge on any atom is -0.460 e.